The Morgan fingerprint density at radius 1 is 1.11 bits per heavy atom. The van der Waals surface area contributed by atoms with Crippen molar-refractivity contribution in [3.63, 3.8) is 0 Å². The standard InChI is InChI=1S/C14H16N2O2S/c15-16(14-7-8-19(17,18)10-14)13-6-5-11-3-1-2-4-12(11)9-13/h1-6,9,14H,7-8,10,15H2. The number of benzene rings is 2. The van der Waals surface area contributed by atoms with Gasteiger partial charge in [0.2, 0.25) is 0 Å². The highest BCUT2D eigenvalue weighted by Crippen LogP contribution is 2.25. The average molecular weight is 276 g/mol. The first kappa shape index (κ1) is 12.4. The van der Waals surface area contributed by atoms with E-state index >= 15 is 0 Å². The Labute approximate surface area is 112 Å². The van der Waals surface area contributed by atoms with Crippen LogP contribution in [0.25, 0.3) is 10.8 Å². The minimum atomic E-state index is -2.91. The van der Waals surface area contributed by atoms with Crippen LogP contribution in [-0.4, -0.2) is 26.0 Å². The molecule has 1 saturated heterocycles. The van der Waals surface area contributed by atoms with Crippen LogP contribution in [0.5, 0.6) is 0 Å². The van der Waals surface area contributed by atoms with Crippen LogP contribution in [0, 0.1) is 0 Å². The number of hydrogen-bond donors (Lipinski definition) is 1. The molecule has 0 amide bonds. The number of hydrogen-bond acceptors (Lipinski definition) is 4. The van der Waals surface area contributed by atoms with Crippen LogP contribution in [0.3, 0.4) is 0 Å². The maximum atomic E-state index is 11.5. The number of hydrazine groups is 1. The van der Waals surface area contributed by atoms with Crippen LogP contribution in [0.2, 0.25) is 0 Å². The second-order valence-electron chi connectivity index (χ2n) is 5.00. The SMILES string of the molecule is NN(c1ccc2ccccc2c1)C1CCS(=O)(=O)C1. The van der Waals surface area contributed by atoms with Crippen molar-refractivity contribution in [2.75, 3.05) is 16.5 Å². The summed E-state index contributed by atoms with van der Waals surface area (Å²) in [5.74, 6) is 6.47. The summed E-state index contributed by atoms with van der Waals surface area (Å²) in [6.45, 7) is 0. The van der Waals surface area contributed by atoms with Crippen molar-refractivity contribution >= 4 is 26.3 Å². The van der Waals surface area contributed by atoms with Crippen molar-refractivity contribution in [1.29, 1.82) is 0 Å². The van der Waals surface area contributed by atoms with Crippen molar-refractivity contribution < 1.29 is 8.42 Å². The molecule has 0 saturated carbocycles. The van der Waals surface area contributed by atoms with Crippen LogP contribution in [-0.2, 0) is 9.84 Å². The van der Waals surface area contributed by atoms with Crippen molar-refractivity contribution in [2.45, 2.75) is 12.5 Å². The van der Waals surface area contributed by atoms with E-state index in [1.54, 1.807) is 5.01 Å². The second kappa shape index (κ2) is 4.51. The van der Waals surface area contributed by atoms with E-state index in [1.165, 1.54) is 0 Å². The number of nitrogens with two attached hydrogens (primary N) is 1. The monoisotopic (exact) mass is 276 g/mol. The van der Waals surface area contributed by atoms with Crippen molar-refractivity contribution in [3.8, 4) is 0 Å². The van der Waals surface area contributed by atoms with Gasteiger partial charge in [-0.15, -0.1) is 0 Å². The second-order valence-corrected chi connectivity index (χ2v) is 7.22. The van der Waals surface area contributed by atoms with Crippen LogP contribution >= 0.6 is 0 Å². The Bertz CT molecular complexity index is 712. The molecule has 0 aliphatic carbocycles. The summed E-state index contributed by atoms with van der Waals surface area (Å²) in [6.07, 6.45) is 0.603. The number of sulfone groups is 1. The third-order valence-corrected chi connectivity index (χ3v) is 5.38. The van der Waals surface area contributed by atoms with E-state index < -0.39 is 9.84 Å². The van der Waals surface area contributed by atoms with Gasteiger partial charge < -0.3 is 5.01 Å². The van der Waals surface area contributed by atoms with Gasteiger partial charge in [-0.3, -0.25) is 0 Å². The zero-order valence-electron chi connectivity index (χ0n) is 10.5. The molecule has 2 aromatic rings. The van der Waals surface area contributed by atoms with Gasteiger partial charge in [0, 0.05) is 0 Å². The molecule has 2 aromatic carbocycles. The van der Waals surface area contributed by atoms with E-state index in [2.05, 4.69) is 0 Å². The summed E-state index contributed by atoms with van der Waals surface area (Å²) in [5, 5.41) is 3.85. The molecular weight excluding hydrogens is 260 g/mol. The summed E-state index contributed by atoms with van der Waals surface area (Å²) in [4.78, 5) is 0. The fourth-order valence-corrected chi connectivity index (χ4v) is 4.25. The van der Waals surface area contributed by atoms with Gasteiger partial charge in [0.15, 0.2) is 9.84 Å². The fraction of sp³-hybridized carbons (Fsp3) is 0.286. The molecule has 0 radical (unpaired) electrons. The number of nitrogens with zero attached hydrogens (tertiary/aromatic N) is 1. The number of anilines is 1. The molecule has 1 atom stereocenters. The largest absolute Gasteiger partial charge is 0.307 e. The van der Waals surface area contributed by atoms with E-state index in [-0.39, 0.29) is 17.5 Å². The molecule has 4 nitrogen and oxygen atoms in total. The first-order valence-electron chi connectivity index (χ1n) is 6.28. The molecular formula is C14H16N2O2S. The Morgan fingerprint density at radius 3 is 2.53 bits per heavy atom. The molecule has 1 aliphatic rings. The lowest BCUT2D eigenvalue weighted by molar-refractivity contribution is 0.600. The molecule has 0 bridgehead atoms. The van der Waals surface area contributed by atoms with Crippen molar-refractivity contribution in [2.24, 2.45) is 5.84 Å². The lowest BCUT2D eigenvalue weighted by atomic mass is 10.1. The maximum Gasteiger partial charge on any atom is 0.152 e. The third kappa shape index (κ3) is 2.43. The van der Waals surface area contributed by atoms with Crippen LogP contribution in [0.4, 0.5) is 5.69 Å². The summed E-state index contributed by atoms with van der Waals surface area (Å²) in [7, 11) is -2.91. The highest BCUT2D eigenvalue weighted by molar-refractivity contribution is 7.91. The summed E-state index contributed by atoms with van der Waals surface area (Å²) < 4.78 is 23.0. The predicted octanol–water partition coefficient (Wildman–Crippen LogP) is 1.71. The van der Waals surface area contributed by atoms with Crippen molar-refractivity contribution in [1.82, 2.24) is 0 Å². The van der Waals surface area contributed by atoms with Crippen molar-refractivity contribution in [3.05, 3.63) is 42.5 Å². The maximum absolute atomic E-state index is 11.5. The molecule has 1 unspecified atom stereocenters. The fourth-order valence-electron chi connectivity index (χ4n) is 2.54. The molecule has 1 fully saturated rings. The van der Waals surface area contributed by atoms with Gasteiger partial charge in [-0.05, 0) is 29.3 Å². The molecule has 0 aromatic heterocycles. The summed E-state index contributed by atoms with van der Waals surface area (Å²) in [6, 6.07) is 13.9. The molecule has 3 rings (SSSR count). The zero-order chi connectivity index (χ0) is 13.5. The highest BCUT2D eigenvalue weighted by atomic mass is 32.2. The van der Waals surface area contributed by atoms with E-state index in [1.807, 2.05) is 42.5 Å². The summed E-state index contributed by atoms with van der Waals surface area (Å²) in [5.41, 5.74) is 0.862. The zero-order valence-corrected chi connectivity index (χ0v) is 11.3. The normalized spacial score (nSPS) is 21.6. The molecule has 1 heterocycles. The predicted molar refractivity (Wildman–Crippen MR) is 77.7 cm³/mol. The van der Waals surface area contributed by atoms with Gasteiger partial charge in [0.1, 0.15) is 0 Å². The Kier molecular flexibility index (Phi) is 2.95. The van der Waals surface area contributed by atoms with Gasteiger partial charge in [0.05, 0.1) is 23.2 Å². The first-order valence-corrected chi connectivity index (χ1v) is 8.10. The lowest BCUT2D eigenvalue weighted by Gasteiger charge is -2.25. The average Bonchev–Trinajstić information content (AvgIpc) is 2.78. The molecule has 2 N–H and O–H groups in total. The van der Waals surface area contributed by atoms with E-state index in [4.69, 9.17) is 5.84 Å². The summed E-state index contributed by atoms with van der Waals surface area (Å²) >= 11 is 0. The minimum Gasteiger partial charge on any atom is -0.307 e. The Hall–Kier alpha value is -1.59. The quantitative estimate of drug-likeness (QED) is 0.670. The molecule has 0 spiro atoms. The molecule has 5 heteroatoms. The molecule has 100 valence electrons. The van der Waals surface area contributed by atoms with Gasteiger partial charge in [-0.2, -0.15) is 0 Å². The Morgan fingerprint density at radius 2 is 1.84 bits per heavy atom. The van der Waals surface area contributed by atoms with Gasteiger partial charge in [0.25, 0.3) is 0 Å². The topological polar surface area (TPSA) is 63.4 Å². The van der Waals surface area contributed by atoms with E-state index in [9.17, 15) is 8.42 Å². The van der Waals surface area contributed by atoms with Gasteiger partial charge >= 0.3 is 0 Å². The van der Waals surface area contributed by atoms with E-state index in [0.717, 1.165) is 16.5 Å². The van der Waals surface area contributed by atoms with Crippen LogP contribution < -0.4 is 10.9 Å². The smallest absolute Gasteiger partial charge is 0.152 e. The van der Waals surface area contributed by atoms with Crippen LogP contribution in [0.1, 0.15) is 6.42 Å². The van der Waals surface area contributed by atoms with Crippen LogP contribution in [0.15, 0.2) is 42.5 Å². The Balaban J connectivity index is 1.91. The number of rotatable bonds is 2. The molecule has 1 aliphatic heterocycles. The first-order chi connectivity index (χ1) is 9.05. The van der Waals surface area contributed by atoms with Gasteiger partial charge in [-0.25, -0.2) is 14.3 Å². The molecule has 19 heavy (non-hydrogen) atoms. The minimum absolute atomic E-state index is 0.119. The van der Waals surface area contributed by atoms with E-state index in [0.29, 0.717) is 6.42 Å². The number of fused-ring (bicyclic) bond motifs is 1. The highest BCUT2D eigenvalue weighted by Gasteiger charge is 2.31. The third-order valence-electron chi connectivity index (χ3n) is 3.63. The lowest BCUT2D eigenvalue weighted by Crippen LogP contribution is -2.42. The van der Waals surface area contributed by atoms with Gasteiger partial charge in [-0.1, -0.05) is 30.3 Å².